The number of hydrogen-bond donors (Lipinski definition) is 2. The molecule has 194 valence electrons. The first-order chi connectivity index (χ1) is 18.3. The lowest BCUT2D eigenvalue weighted by Crippen LogP contribution is -2.44. The van der Waals surface area contributed by atoms with Crippen molar-refractivity contribution >= 4 is 28.7 Å². The molecular weight excluding hydrogens is 500 g/mol. The molecule has 0 radical (unpaired) electrons. The summed E-state index contributed by atoms with van der Waals surface area (Å²) in [5, 5.41) is 29.2. The molecule has 0 spiro atoms. The van der Waals surface area contributed by atoms with Gasteiger partial charge >= 0.3 is 0 Å². The lowest BCUT2D eigenvalue weighted by atomic mass is 9.57. The molecule has 2 saturated carbocycles. The average molecular weight is 529 g/mol. The number of carbonyl (C=O) groups excluding carboxylic acids is 1. The molecular formula is C28H29ClN8O. The molecule has 0 saturated heterocycles. The second-order valence-corrected chi connectivity index (χ2v) is 11.4. The molecule has 38 heavy (non-hydrogen) atoms. The third-order valence-electron chi connectivity index (χ3n) is 8.05. The van der Waals surface area contributed by atoms with E-state index in [0.29, 0.717) is 40.8 Å². The molecule has 0 atom stereocenters. The number of fused-ring (bicyclic) bond motifs is 1. The summed E-state index contributed by atoms with van der Waals surface area (Å²) in [7, 11) is 1.94. The fourth-order valence-corrected chi connectivity index (χ4v) is 5.79. The van der Waals surface area contributed by atoms with Gasteiger partial charge in [0.25, 0.3) is 5.91 Å². The van der Waals surface area contributed by atoms with E-state index >= 15 is 0 Å². The number of nitrogens with one attached hydrogen (secondary N) is 2. The van der Waals surface area contributed by atoms with Crippen LogP contribution < -0.4 is 10.6 Å². The van der Waals surface area contributed by atoms with Gasteiger partial charge in [-0.05, 0) is 73.9 Å². The summed E-state index contributed by atoms with van der Waals surface area (Å²) in [4.78, 5) is 13.6. The van der Waals surface area contributed by atoms with Crippen LogP contribution >= 0.6 is 11.6 Å². The number of nitrogens with zero attached hydrogens (tertiary/aromatic N) is 6. The molecule has 6 rings (SSSR count). The average Bonchev–Trinajstić information content (AvgIpc) is 3.28. The smallest absolute Gasteiger partial charge is 0.274 e. The molecule has 2 aliphatic rings. The van der Waals surface area contributed by atoms with E-state index in [-0.39, 0.29) is 16.9 Å². The van der Waals surface area contributed by atoms with Crippen LogP contribution in [0.3, 0.4) is 0 Å². The van der Waals surface area contributed by atoms with Crippen molar-refractivity contribution in [3.63, 3.8) is 0 Å². The van der Waals surface area contributed by atoms with Crippen LogP contribution in [0.4, 0.5) is 5.69 Å². The van der Waals surface area contributed by atoms with Crippen LogP contribution in [0.1, 0.15) is 66.5 Å². The molecule has 9 nitrogen and oxygen atoms in total. The van der Waals surface area contributed by atoms with Crippen molar-refractivity contribution in [1.29, 1.82) is 5.26 Å². The highest BCUT2D eigenvalue weighted by Gasteiger charge is 2.49. The van der Waals surface area contributed by atoms with Gasteiger partial charge in [0.2, 0.25) is 0 Å². The minimum Gasteiger partial charge on any atom is -0.321 e. The Labute approximate surface area is 225 Å². The zero-order valence-electron chi connectivity index (χ0n) is 21.4. The normalized spacial score (nSPS) is 21.6. The third kappa shape index (κ3) is 4.34. The maximum absolute atomic E-state index is 13.6. The first kappa shape index (κ1) is 24.6. The van der Waals surface area contributed by atoms with Crippen molar-refractivity contribution in [2.24, 2.45) is 13.0 Å². The minimum absolute atomic E-state index is 0.172. The monoisotopic (exact) mass is 528 g/mol. The fourth-order valence-electron chi connectivity index (χ4n) is 5.61. The lowest BCUT2D eigenvalue weighted by molar-refractivity contribution is 0.101. The highest BCUT2D eigenvalue weighted by atomic mass is 35.5. The molecule has 10 heteroatoms. The van der Waals surface area contributed by atoms with E-state index in [0.717, 1.165) is 42.6 Å². The first-order valence-corrected chi connectivity index (χ1v) is 13.2. The molecule has 0 unspecified atom stereocenters. The SMILES string of the molecule is Cn1cnnc1[C@]1(c2cccc(NC(=O)c3cc(CNC4(C)CC4)cc4c(Cl)cnn34)c2)C[C@H](CC#N)C1. The summed E-state index contributed by atoms with van der Waals surface area (Å²) in [6, 6.07) is 14.0. The van der Waals surface area contributed by atoms with Crippen molar-refractivity contribution in [3.05, 3.63) is 76.6 Å². The van der Waals surface area contributed by atoms with Gasteiger partial charge < -0.3 is 15.2 Å². The molecule has 4 aromatic rings. The molecule has 2 aliphatic carbocycles. The predicted molar refractivity (Wildman–Crippen MR) is 144 cm³/mol. The topological polar surface area (TPSA) is 113 Å². The summed E-state index contributed by atoms with van der Waals surface area (Å²) < 4.78 is 3.52. The summed E-state index contributed by atoms with van der Waals surface area (Å²) in [5.74, 6) is 0.907. The van der Waals surface area contributed by atoms with E-state index in [9.17, 15) is 10.1 Å². The van der Waals surface area contributed by atoms with Gasteiger partial charge in [-0.15, -0.1) is 10.2 Å². The third-order valence-corrected chi connectivity index (χ3v) is 8.34. The van der Waals surface area contributed by atoms with Gasteiger partial charge in [0.05, 0.1) is 28.2 Å². The highest BCUT2D eigenvalue weighted by Crippen LogP contribution is 2.53. The second-order valence-electron chi connectivity index (χ2n) is 11.0. The number of aryl methyl sites for hydroxylation is 1. The van der Waals surface area contributed by atoms with Gasteiger partial charge in [0, 0.05) is 31.2 Å². The Balaban J connectivity index is 1.30. The van der Waals surface area contributed by atoms with E-state index < -0.39 is 0 Å². The Bertz CT molecular complexity index is 1570. The Morgan fingerprint density at radius 1 is 1.26 bits per heavy atom. The molecule has 0 bridgehead atoms. The van der Waals surface area contributed by atoms with Crippen molar-refractivity contribution < 1.29 is 4.79 Å². The lowest BCUT2D eigenvalue weighted by Gasteiger charge is -2.46. The number of amides is 1. The molecule has 0 aliphatic heterocycles. The quantitative estimate of drug-likeness (QED) is 0.345. The maximum Gasteiger partial charge on any atom is 0.274 e. The van der Waals surface area contributed by atoms with Crippen molar-refractivity contribution in [1.82, 2.24) is 29.7 Å². The van der Waals surface area contributed by atoms with Gasteiger partial charge in [0.1, 0.15) is 17.8 Å². The Kier molecular flexibility index (Phi) is 5.97. The maximum atomic E-state index is 13.6. The molecule has 3 heterocycles. The van der Waals surface area contributed by atoms with Crippen LogP contribution in [-0.2, 0) is 19.0 Å². The van der Waals surface area contributed by atoms with Crippen molar-refractivity contribution in [3.8, 4) is 6.07 Å². The molecule has 2 N–H and O–H groups in total. The van der Waals surface area contributed by atoms with Crippen LogP contribution in [0.15, 0.2) is 48.9 Å². The summed E-state index contributed by atoms with van der Waals surface area (Å²) >= 11 is 6.40. The number of nitriles is 1. The van der Waals surface area contributed by atoms with Gasteiger partial charge in [-0.3, -0.25) is 4.79 Å². The van der Waals surface area contributed by atoms with Crippen LogP contribution in [0.2, 0.25) is 5.02 Å². The number of rotatable bonds is 8. The van der Waals surface area contributed by atoms with Crippen LogP contribution in [-0.4, -0.2) is 35.8 Å². The molecule has 1 aromatic carbocycles. The van der Waals surface area contributed by atoms with Gasteiger partial charge in [0.15, 0.2) is 0 Å². The highest BCUT2D eigenvalue weighted by molar-refractivity contribution is 6.33. The zero-order chi connectivity index (χ0) is 26.5. The number of halogens is 1. The van der Waals surface area contributed by atoms with E-state index in [1.165, 1.54) is 0 Å². The molecule has 1 amide bonds. The zero-order valence-corrected chi connectivity index (χ0v) is 22.2. The Hall–Kier alpha value is -3.74. The predicted octanol–water partition coefficient (Wildman–Crippen LogP) is 4.62. The minimum atomic E-state index is -0.346. The van der Waals surface area contributed by atoms with Crippen molar-refractivity contribution in [2.75, 3.05) is 5.32 Å². The molecule has 3 aromatic heterocycles. The largest absolute Gasteiger partial charge is 0.321 e. The van der Waals surface area contributed by atoms with Crippen LogP contribution in [0.25, 0.3) is 5.52 Å². The number of carbonyl (C=O) groups is 1. The van der Waals surface area contributed by atoms with Gasteiger partial charge in [-0.2, -0.15) is 10.4 Å². The number of hydrogen-bond acceptors (Lipinski definition) is 6. The fraction of sp³-hybridized carbons (Fsp3) is 0.393. The van der Waals surface area contributed by atoms with E-state index in [1.807, 2.05) is 41.9 Å². The molecule has 2 fully saturated rings. The Morgan fingerprint density at radius 3 is 2.79 bits per heavy atom. The first-order valence-electron chi connectivity index (χ1n) is 12.8. The van der Waals surface area contributed by atoms with E-state index in [1.54, 1.807) is 17.0 Å². The number of aromatic nitrogens is 5. The number of benzene rings is 1. The summed E-state index contributed by atoms with van der Waals surface area (Å²) in [6.07, 6.45) is 7.70. The van der Waals surface area contributed by atoms with Crippen molar-refractivity contribution in [2.45, 2.75) is 56.5 Å². The summed E-state index contributed by atoms with van der Waals surface area (Å²) in [5.41, 5.74) is 3.64. The Morgan fingerprint density at radius 2 is 2.08 bits per heavy atom. The summed E-state index contributed by atoms with van der Waals surface area (Å²) in [6.45, 7) is 2.85. The standard InChI is InChI=1S/C28H29ClN8O/c1-27(7-8-27)31-15-19-10-23-22(29)16-33-37(23)24(11-19)25(38)34-21-5-3-4-20(12-21)28(13-18(14-28)6-9-30)26-35-32-17-36(26)2/h3-5,10-12,16-18,31H,6-8,13-15H2,1-2H3,(H,34,38)/t18-,28+. The second kappa shape index (κ2) is 9.22. The van der Waals surface area contributed by atoms with Gasteiger partial charge in [-0.25, -0.2) is 4.52 Å². The van der Waals surface area contributed by atoms with E-state index in [2.05, 4.69) is 45.0 Å². The number of pyridine rings is 1. The van der Waals surface area contributed by atoms with Crippen LogP contribution in [0.5, 0.6) is 0 Å². The number of anilines is 1. The van der Waals surface area contributed by atoms with Gasteiger partial charge in [-0.1, -0.05) is 23.7 Å². The van der Waals surface area contributed by atoms with Crippen LogP contribution in [0, 0.1) is 17.2 Å². The van der Waals surface area contributed by atoms with E-state index in [4.69, 9.17) is 11.6 Å².